The standard InChI is InChI=1S/C15H25N5/c1-4-7-18-15(12-16)6-5-13(10-15)20(3)11-14-17-8-9-19(14)2/h8-9,13,18H,4-7,10-11H2,1-3H3. The topological polar surface area (TPSA) is 56.9 Å². The second-order valence-electron chi connectivity index (χ2n) is 5.89. The number of nitrogens with zero attached hydrogens (tertiary/aromatic N) is 4. The van der Waals surface area contributed by atoms with Gasteiger partial charge in [0.15, 0.2) is 0 Å². The van der Waals surface area contributed by atoms with E-state index >= 15 is 0 Å². The molecule has 1 saturated carbocycles. The van der Waals surface area contributed by atoms with Crippen LogP contribution in [-0.2, 0) is 13.6 Å². The third kappa shape index (κ3) is 3.20. The van der Waals surface area contributed by atoms with Crippen molar-refractivity contribution in [2.45, 2.75) is 50.7 Å². The van der Waals surface area contributed by atoms with E-state index in [4.69, 9.17) is 0 Å². The van der Waals surface area contributed by atoms with Crippen LogP contribution in [0.3, 0.4) is 0 Å². The molecule has 0 aliphatic heterocycles. The van der Waals surface area contributed by atoms with Crippen LogP contribution in [0.25, 0.3) is 0 Å². The Hall–Kier alpha value is -1.38. The molecule has 5 nitrogen and oxygen atoms in total. The lowest BCUT2D eigenvalue weighted by Gasteiger charge is -2.27. The van der Waals surface area contributed by atoms with Crippen LogP contribution in [0.2, 0.25) is 0 Å². The molecule has 0 spiro atoms. The van der Waals surface area contributed by atoms with Gasteiger partial charge in [-0.15, -0.1) is 0 Å². The van der Waals surface area contributed by atoms with E-state index in [-0.39, 0.29) is 5.54 Å². The number of aryl methyl sites for hydroxylation is 1. The van der Waals surface area contributed by atoms with Crippen LogP contribution in [-0.4, -0.2) is 39.6 Å². The molecule has 110 valence electrons. The fourth-order valence-corrected chi connectivity index (χ4v) is 2.96. The van der Waals surface area contributed by atoms with Crippen LogP contribution < -0.4 is 5.32 Å². The van der Waals surface area contributed by atoms with Crippen molar-refractivity contribution in [2.24, 2.45) is 7.05 Å². The monoisotopic (exact) mass is 275 g/mol. The Balaban J connectivity index is 1.94. The molecule has 0 saturated heterocycles. The summed E-state index contributed by atoms with van der Waals surface area (Å²) in [4.78, 5) is 6.70. The number of hydrogen-bond donors (Lipinski definition) is 1. The van der Waals surface area contributed by atoms with Crippen LogP contribution >= 0.6 is 0 Å². The van der Waals surface area contributed by atoms with Gasteiger partial charge in [0.05, 0.1) is 12.6 Å². The zero-order chi connectivity index (χ0) is 14.6. The van der Waals surface area contributed by atoms with E-state index in [1.165, 1.54) is 0 Å². The third-order valence-corrected chi connectivity index (χ3v) is 4.35. The molecule has 2 unspecified atom stereocenters. The van der Waals surface area contributed by atoms with Gasteiger partial charge >= 0.3 is 0 Å². The number of rotatable bonds is 6. The van der Waals surface area contributed by atoms with E-state index in [0.29, 0.717) is 6.04 Å². The third-order valence-electron chi connectivity index (χ3n) is 4.35. The molecule has 2 atom stereocenters. The number of nitrogens with one attached hydrogen (secondary N) is 1. The fourth-order valence-electron chi connectivity index (χ4n) is 2.96. The molecule has 0 bridgehead atoms. The summed E-state index contributed by atoms with van der Waals surface area (Å²) in [5.74, 6) is 1.07. The van der Waals surface area contributed by atoms with Gasteiger partial charge in [0.1, 0.15) is 11.4 Å². The number of nitriles is 1. The van der Waals surface area contributed by atoms with Crippen LogP contribution in [0.5, 0.6) is 0 Å². The van der Waals surface area contributed by atoms with Crippen molar-refractivity contribution >= 4 is 0 Å². The maximum atomic E-state index is 9.50. The molecule has 5 heteroatoms. The van der Waals surface area contributed by atoms with Gasteiger partial charge in [-0.1, -0.05) is 6.92 Å². The van der Waals surface area contributed by atoms with Crippen LogP contribution in [0.4, 0.5) is 0 Å². The molecule has 1 N–H and O–H groups in total. The van der Waals surface area contributed by atoms with Gasteiger partial charge in [0.25, 0.3) is 0 Å². The first-order valence-corrected chi connectivity index (χ1v) is 7.43. The Morgan fingerprint density at radius 1 is 1.65 bits per heavy atom. The highest BCUT2D eigenvalue weighted by atomic mass is 15.2. The summed E-state index contributed by atoms with van der Waals surface area (Å²) < 4.78 is 2.05. The summed E-state index contributed by atoms with van der Waals surface area (Å²) >= 11 is 0. The Kier molecular flexibility index (Phi) is 4.79. The van der Waals surface area contributed by atoms with Gasteiger partial charge in [-0.3, -0.25) is 10.2 Å². The predicted octanol–water partition coefficient (Wildman–Crippen LogP) is 1.67. The molecule has 1 heterocycles. The number of hydrogen-bond acceptors (Lipinski definition) is 4. The Labute approximate surface area is 121 Å². The van der Waals surface area contributed by atoms with E-state index in [1.807, 2.05) is 19.4 Å². The van der Waals surface area contributed by atoms with E-state index < -0.39 is 0 Å². The summed E-state index contributed by atoms with van der Waals surface area (Å²) in [6.07, 6.45) is 7.80. The molecule has 0 radical (unpaired) electrons. The smallest absolute Gasteiger partial charge is 0.122 e. The molecule has 0 amide bonds. The largest absolute Gasteiger partial charge is 0.337 e. The van der Waals surface area contributed by atoms with Crippen LogP contribution in [0.1, 0.15) is 38.4 Å². The molecule has 1 aliphatic carbocycles. The molecular weight excluding hydrogens is 250 g/mol. The number of imidazole rings is 1. The van der Waals surface area contributed by atoms with E-state index in [9.17, 15) is 5.26 Å². The second kappa shape index (κ2) is 6.38. The summed E-state index contributed by atoms with van der Waals surface area (Å²) in [7, 11) is 4.15. The molecule has 0 aromatic carbocycles. The van der Waals surface area contributed by atoms with E-state index in [1.54, 1.807) is 0 Å². The van der Waals surface area contributed by atoms with Crippen molar-refractivity contribution in [3.05, 3.63) is 18.2 Å². The minimum atomic E-state index is -0.323. The van der Waals surface area contributed by atoms with Gasteiger partial charge in [-0.05, 0) is 39.3 Å². The van der Waals surface area contributed by atoms with E-state index in [2.05, 4.69) is 39.8 Å². The van der Waals surface area contributed by atoms with Gasteiger partial charge in [0.2, 0.25) is 0 Å². The van der Waals surface area contributed by atoms with Crippen molar-refractivity contribution < 1.29 is 0 Å². The first-order chi connectivity index (χ1) is 9.60. The quantitative estimate of drug-likeness (QED) is 0.858. The van der Waals surface area contributed by atoms with Crippen molar-refractivity contribution in [3.63, 3.8) is 0 Å². The minimum absolute atomic E-state index is 0.323. The maximum absolute atomic E-state index is 9.50. The molecule has 2 rings (SSSR count). The van der Waals surface area contributed by atoms with Crippen LogP contribution in [0, 0.1) is 11.3 Å². The van der Waals surface area contributed by atoms with Crippen molar-refractivity contribution in [2.75, 3.05) is 13.6 Å². The summed E-state index contributed by atoms with van der Waals surface area (Å²) in [5.41, 5.74) is -0.323. The highest BCUT2D eigenvalue weighted by Crippen LogP contribution is 2.32. The summed E-state index contributed by atoms with van der Waals surface area (Å²) in [5, 5.41) is 12.9. The van der Waals surface area contributed by atoms with Crippen LogP contribution in [0.15, 0.2) is 12.4 Å². The van der Waals surface area contributed by atoms with Crippen molar-refractivity contribution in [3.8, 4) is 6.07 Å². The lowest BCUT2D eigenvalue weighted by atomic mass is 9.99. The summed E-state index contributed by atoms with van der Waals surface area (Å²) in [6, 6.07) is 2.96. The first kappa shape index (κ1) is 15.0. The van der Waals surface area contributed by atoms with Gasteiger partial charge in [-0.25, -0.2) is 4.98 Å². The first-order valence-electron chi connectivity index (χ1n) is 7.43. The Bertz CT molecular complexity index is 475. The normalized spacial score (nSPS) is 26.1. The molecule has 1 aromatic heterocycles. The van der Waals surface area contributed by atoms with Gasteiger partial charge in [-0.2, -0.15) is 5.26 Å². The molecule has 1 fully saturated rings. The maximum Gasteiger partial charge on any atom is 0.122 e. The van der Waals surface area contributed by atoms with E-state index in [0.717, 1.165) is 44.6 Å². The molecular formula is C15H25N5. The lowest BCUT2D eigenvalue weighted by molar-refractivity contribution is 0.221. The highest BCUT2D eigenvalue weighted by molar-refractivity contribution is 5.13. The fraction of sp³-hybridized carbons (Fsp3) is 0.733. The second-order valence-corrected chi connectivity index (χ2v) is 5.89. The van der Waals surface area contributed by atoms with Gasteiger partial charge in [0, 0.05) is 25.5 Å². The number of aromatic nitrogens is 2. The SMILES string of the molecule is CCCNC1(C#N)CCC(N(C)Cc2nccn2C)C1. The lowest BCUT2D eigenvalue weighted by Crippen LogP contribution is -2.43. The molecule has 1 aliphatic rings. The van der Waals surface area contributed by atoms with Crippen molar-refractivity contribution in [1.29, 1.82) is 5.26 Å². The van der Waals surface area contributed by atoms with Crippen molar-refractivity contribution in [1.82, 2.24) is 19.8 Å². The Morgan fingerprint density at radius 3 is 3.05 bits per heavy atom. The van der Waals surface area contributed by atoms with Gasteiger partial charge < -0.3 is 4.57 Å². The Morgan fingerprint density at radius 2 is 2.45 bits per heavy atom. The molecule has 20 heavy (non-hydrogen) atoms. The highest BCUT2D eigenvalue weighted by Gasteiger charge is 2.40. The average molecular weight is 275 g/mol. The minimum Gasteiger partial charge on any atom is -0.337 e. The zero-order valence-corrected chi connectivity index (χ0v) is 12.8. The average Bonchev–Trinajstić information content (AvgIpc) is 3.05. The molecule has 1 aromatic rings. The summed E-state index contributed by atoms with van der Waals surface area (Å²) in [6.45, 7) is 3.89. The zero-order valence-electron chi connectivity index (χ0n) is 12.8. The predicted molar refractivity (Wildman–Crippen MR) is 79.0 cm³/mol.